The van der Waals surface area contributed by atoms with E-state index >= 15 is 0 Å². The fourth-order valence-corrected chi connectivity index (χ4v) is 2.92. The van der Waals surface area contributed by atoms with Crippen LogP contribution in [0.5, 0.6) is 0 Å². The molecule has 2 aromatic rings. The van der Waals surface area contributed by atoms with Crippen molar-refractivity contribution in [2.45, 2.75) is 25.4 Å². The summed E-state index contributed by atoms with van der Waals surface area (Å²) in [6, 6.07) is 8.23. The van der Waals surface area contributed by atoms with Gasteiger partial charge in [0.15, 0.2) is 5.78 Å². The number of fused-ring (bicyclic) bond motifs is 1. The lowest BCUT2D eigenvalue weighted by Gasteiger charge is -2.24. The zero-order valence-corrected chi connectivity index (χ0v) is 10.7. The van der Waals surface area contributed by atoms with E-state index < -0.39 is 0 Å². The topological polar surface area (TPSA) is 42.0 Å². The van der Waals surface area contributed by atoms with Crippen molar-refractivity contribution in [2.24, 2.45) is 0 Å². The normalized spacial score (nSPS) is 18.3. The molecule has 0 bridgehead atoms. The fourth-order valence-electron chi connectivity index (χ4n) is 2.29. The Kier molecular flexibility index (Phi) is 3.21. The van der Waals surface area contributed by atoms with E-state index in [9.17, 15) is 4.79 Å². The summed E-state index contributed by atoms with van der Waals surface area (Å²) in [5, 5.41) is 6.13. The average molecular weight is 258 g/mol. The minimum absolute atomic E-state index is 0.0659. The lowest BCUT2D eigenvalue weighted by Crippen LogP contribution is -2.42. The molecule has 1 unspecified atom stereocenters. The van der Waals surface area contributed by atoms with Crippen LogP contribution in [0.1, 0.15) is 16.1 Å². The molecule has 0 radical (unpaired) electrons. The Morgan fingerprint density at radius 2 is 2.22 bits per heavy atom. The van der Waals surface area contributed by atoms with E-state index in [0.29, 0.717) is 6.42 Å². The standard InChI is InChI=1S/C14H14N2OS/c17-13(8-14-15-5-6-18-14)12-7-10-3-1-2-4-11(10)9-16-12/h1-6,12,16H,7-9H2. The highest BCUT2D eigenvalue weighted by Crippen LogP contribution is 2.18. The van der Waals surface area contributed by atoms with Crippen molar-refractivity contribution in [3.63, 3.8) is 0 Å². The van der Waals surface area contributed by atoms with E-state index in [4.69, 9.17) is 0 Å². The first-order chi connectivity index (χ1) is 8.83. The fraction of sp³-hybridized carbons (Fsp3) is 0.286. The zero-order chi connectivity index (χ0) is 12.4. The van der Waals surface area contributed by atoms with Crippen LogP contribution in [0, 0.1) is 0 Å². The third kappa shape index (κ3) is 2.35. The van der Waals surface area contributed by atoms with Gasteiger partial charge in [-0.3, -0.25) is 4.79 Å². The summed E-state index contributed by atoms with van der Waals surface area (Å²) in [5.41, 5.74) is 2.59. The second-order valence-corrected chi connectivity index (χ2v) is 5.45. The monoisotopic (exact) mass is 258 g/mol. The van der Waals surface area contributed by atoms with Crippen molar-refractivity contribution in [1.29, 1.82) is 0 Å². The number of ketones is 1. The number of hydrogen-bond donors (Lipinski definition) is 1. The van der Waals surface area contributed by atoms with E-state index in [0.717, 1.165) is 18.0 Å². The molecule has 92 valence electrons. The predicted molar refractivity (Wildman–Crippen MR) is 71.6 cm³/mol. The van der Waals surface area contributed by atoms with Crippen LogP contribution in [0.2, 0.25) is 0 Å². The Balaban J connectivity index is 1.70. The molecular weight excluding hydrogens is 244 g/mol. The molecule has 0 amide bonds. The first-order valence-electron chi connectivity index (χ1n) is 6.04. The summed E-state index contributed by atoms with van der Waals surface area (Å²) >= 11 is 1.54. The third-order valence-electron chi connectivity index (χ3n) is 3.28. The smallest absolute Gasteiger partial charge is 0.156 e. The van der Waals surface area contributed by atoms with Gasteiger partial charge in [0, 0.05) is 18.1 Å². The average Bonchev–Trinajstić information content (AvgIpc) is 2.91. The van der Waals surface area contributed by atoms with Gasteiger partial charge in [0.05, 0.1) is 17.5 Å². The Bertz CT molecular complexity index is 551. The van der Waals surface area contributed by atoms with Gasteiger partial charge in [-0.1, -0.05) is 24.3 Å². The molecule has 0 saturated carbocycles. The molecule has 1 aromatic heterocycles. The summed E-state index contributed by atoms with van der Waals surface area (Å²) in [4.78, 5) is 16.3. The van der Waals surface area contributed by atoms with E-state index in [2.05, 4.69) is 22.4 Å². The summed E-state index contributed by atoms with van der Waals surface area (Å²) < 4.78 is 0. The molecule has 1 atom stereocenters. The largest absolute Gasteiger partial charge is 0.303 e. The third-order valence-corrected chi connectivity index (χ3v) is 4.06. The van der Waals surface area contributed by atoms with E-state index in [1.54, 1.807) is 17.5 Å². The van der Waals surface area contributed by atoms with Crippen LogP contribution in [-0.4, -0.2) is 16.8 Å². The number of hydrogen-bond acceptors (Lipinski definition) is 4. The number of Topliss-reactive ketones (excluding diaryl/α,β-unsaturated/α-hetero) is 1. The first-order valence-corrected chi connectivity index (χ1v) is 6.92. The number of nitrogens with one attached hydrogen (secondary N) is 1. The summed E-state index contributed by atoms with van der Waals surface area (Å²) in [7, 11) is 0. The molecule has 3 nitrogen and oxygen atoms in total. The molecule has 1 aromatic carbocycles. The molecule has 0 aliphatic carbocycles. The Hall–Kier alpha value is -1.52. The highest BCUT2D eigenvalue weighted by Gasteiger charge is 2.24. The summed E-state index contributed by atoms with van der Waals surface area (Å²) in [5.74, 6) is 0.236. The quantitative estimate of drug-likeness (QED) is 0.915. The SMILES string of the molecule is O=C(Cc1nccs1)C1Cc2ccccc2CN1. The number of nitrogens with zero attached hydrogens (tertiary/aromatic N) is 1. The number of benzene rings is 1. The molecule has 0 spiro atoms. The van der Waals surface area contributed by atoms with Gasteiger partial charge in [-0.2, -0.15) is 0 Å². The van der Waals surface area contributed by atoms with Gasteiger partial charge in [-0.15, -0.1) is 11.3 Å². The van der Waals surface area contributed by atoms with E-state index in [1.165, 1.54) is 11.1 Å². The molecule has 1 N–H and O–H groups in total. The molecule has 4 heteroatoms. The minimum Gasteiger partial charge on any atom is -0.303 e. The van der Waals surface area contributed by atoms with Crippen LogP contribution in [0.25, 0.3) is 0 Å². The Morgan fingerprint density at radius 3 is 3.00 bits per heavy atom. The van der Waals surface area contributed by atoms with E-state index in [1.807, 2.05) is 17.5 Å². The summed E-state index contributed by atoms with van der Waals surface area (Å²) in [6.07, 6.45) is 2.98. The highest BCUT2D eigenvalue weighted by molar-refractivity contribution is 7.09. The molecule has 3 rings (SSSR count). The number of rotatable bonds is 3. The molecule has 0 saturated heterocycles. The Labute approximate surface area is 110 Å². The van der Waals surface area contributed by atoms with Gasteiger partial charge in [0.1, 0.15) is 0 Å². The number of carbonyl (C=O) groups excluding carboxylic acids is 1. The van der Waals surface area contributed by atoms with Crippen LogP contribution in [0.4, 0.5) is 0 Å². The molecular formula is C14H14N2OS. The minimum atomic E-state index is -0.0659. The second kappa shape index (κ2) is 5.00. The zero-order valence-electron chi connectivity index (χ0n) is 9.93. The molecule has 1 aliphatic rings. The number of thiazole rings is 1. The van der Waals surface area contributed by atoms with Gasteiger partial charge >= 0.3 is 0 Å². The van der Waals surface area contributed by atoms with Gasteiger partial charge in [0.25, 0.3) is 0 Å². The van der Waals surface area contributed by atoms with E-state index in [-0.39, 0.29) is 11.8 Å². The van der Waals surface area contributed by atoms with Gasteiger partial charge in [-0.25, -0.2) is 4.98 Å². The maximum absolute atomic E-state index is 12.2. The number of aromatic nitrogens is 1. The van der Waals surface area contributed by atoms with Crippen molar-refractivity contribution in [2.75, 3.05) is 0 Å². The van der Waals surface area contributed by atoms with Gasteiger partial charge in [0.2, 0.25) is 0 Å². The maximum atomic E-state index is 12.2. The first kappa shape index (κ1) is 11.6. The second-order valence-electron chi connectivity index (χ2n) is 4.48. The van der Waals surface area contributed by atoms with Crippen molar-refractivity contribution in [3.8, 4) is 0 Å². The lowest BCUT2D eigenvalue weighted by molar-refractivity contribution is -0.120. The van der Waals surface area contributed by atoms with Crippen LogP contribution in [0.15, 0.2) is 35.8 Å². The highest BCUT2D eigenvalue weighted by atomic mass is 32.1. The van der Waals surface area contributed by atoms with Crippen LogP contribution < -0.4 is 5.32 Å². The van der Waals surface area contributed by atoms with Crippen molar-refractivity contribution in [3.05, 3.63) is 52.0 Å². The predicted octanol–water partition coefficient (Wildman–Crippen LogP) is 1.97. The van der Waals surface area contributed by atoms with Gasteiger partial charge < -0.3 is 5.32 Å². The van der Waals surface area contributed by atoms with Crippen molar-refractivity contribution >= 4 is 17.1 Å². The maximum Gasteiger partial charge on any atom is 0.156 e. The van der Waals surface area contributed by atoms with Crippen molar-refractivity contribution in [1.82, 2.24) is 10.3 Å². The number of carbonyl (C=O) groups is 1. The van der Waals surface area contributed by atoms with Crippen LogP contribution in [-0.2, 0) is 24.2 Å². The summed E-state index contributed by atoms with van der Waals surface area (Å²) in [6.45, 7) is 0.782. The molecule has 1 aliphatic heterocycles. The van der Waals surface area contributed by atoms with Gasteiger partial charge in [-0.05, 0) is 17.5 Å². The molecule has 18 heavy (non-hydrogen) atoms. The molecule has 0 fully saturated rings. The van der Waals surface area contributed by atoms with Crippen molar-refractivity contribution < 1.29 is 4.79 Å². The van der Waals surface area contributed by atoms with Crippen LogP contribution in [0.3, 0.4) is 0 Å². The lowest BCUT2D eigenvalue weighted by atomic mass is 9.93. The van der Waals surface area contributed by atoms with Crippen LogP contribution >= 0.6 is 11.3 Å². The molecule has 2 heterocycles. The Morgan fingerprint density at radius 1 is 1.39 bits per heavy atom.